The highest BCUT2D eigenvalue weighted by Gasteiger charge is 2.51. The molecule has 4 atom stereocenters. The Labute approximate surface area is 214 Å². The molecule has 0 fully saturated rings. The number of allylic oxidation sites excluding steroid dienone is 2. The van der Waals surface area contributed by atoms with E-state index in [2.05, 4.69) is 115 Å². The van der Waals surface area contributed by atoms with Gasteiger partial charge in [0.1, 0.15) is 6.29 Å². The Hall–Kier alpha value is -2.23. The first-order valence-corrected chi connectivity index (χ1v) is 15.1. The third-order valence-electron chi connectivity index (χ3n) is 7.98. The largest absolute Gasteiger partial charge is 0.404 e. The van der Waals surface area contributed by atoms with Crippen molar-refractivity contribution in [1.29, 1.82) is 0 Å². The SMILES string of the molecule is C=CC[C@@H](C[C@H]1C(C)=CC[C@H](C(C)C)[C@H]1C=O)O[Si](c1ccccc1)(c1ccccc1)C(C)(C)C. The van der Waals surface area contributed by atoms with Gasteiger partial charge in [0, 0.05) is 12.0 Å². The summed E-state index contributed by atoms with van der Waals surface area (Å²) in [4.78, 5) is 12.4. The van der Waals surface area contributed by atoms with Gasteiger partial charge in [-0.05, 0) is 59.4 Å². The van der Waals surface area contributed by atoms with Crippen molar-refractivity contribution in [3.63, 3.8) is 0 Å². The molecule has 2 nitrogen and oxygen atoms in total. The molecule has 188 valence electrons. The predicted molar refractivity (Wildman–Crippen MR) is 152 cm³/mol. The Morgan fingerprint density at radius 3 is 2.00 bits per heavy atom. The van der Waals surface area contributed by atoms with Gasteiger partial charge in [-0.3, -0.25) is 0 Å². The highest BCUT2D eigenvalue weighted by Crippen LogP contribution is 2.43. The predicted octanol–water partition coefficient (Wildman–Crippen LogP) is 6.95. The molecule has 3 rings (SSSR count). The van der Waals surface area contributed by atoms with Crippen LogP contribution in [0.25, 0.3) is 0 Å². The van der Waals surface area contributed by atoms with Crippen molar-refractivity contribution in [2.24, 2.45) is 23.7 Å². The molecule has 3 heteroatoms. The van der Waals surface area contributed by atoms with Gasteiger partial charge in [0.2, 0.25) is 0 Å². The van der Waals surface area contributed by atoms with E-state index >= 15 is 0 Å². The van der Waals surface area contributed by atoms with E-state index in [-0.39, 0.29) is 23.0 Å². The molecule has 0 bridgehead atoms. The summed E-state index contributed by atoms with van der Waals surface area (Å²) in [6, 6.07) is 21.6. The molecule has 35 heavy (non-hydrogen) atoms. The average molecular weight is 489 g/mol. The molecular formula is C32H44O2Si. The summed E-state index contributed by atoms with van der Waals surface area (Å²) in [6.45, 7) is 17.7. The van der Waals surface area contributed by atoms with Crippen LogP contribution in [0, 0.1) is 23.7 Å². The zero-order valence-corrected chi connectivity index (χ0v) is 23.5. The van der Waals surface area contributed by atoms with E-state index in [1.807, 2.05) is 6.08 Å². The number of aldehydes is 1. The number of rotatable bonds is 10. The first kappa shape index (κ1) is 27.4. The van der Waals surface area contributed by atoms with Gasteiger partial charge in [-0.2, -0.15) is 0 Å². The zero-order chi connectivity index (χ0) is 25.6. The van der Waals surface area contributed by atoms with E-state index < -0.39 is 8.32 Å². The summed E-state index contributed by atoms with van der Waals surface area (Å²) in [5, 5.41) is 2.49. The van der Waals surface area contributed by atoms with Gasteiger partial charge in [0.25, 0.3) is 8.32 Å². The second-order valence-electron chi connectivity index (χ2n) is 11.6. The van der Waals surface area contributed by atoms with E-state index in [0.717, 1.165) is 19.3 Å². The number of carbonyl (C=O) groups is 1. The van der Waals surface area contributed by atoms with Crippen molar-refractivity contribution in [3.05, 3.63) is 85.0 Å². The van der Waals surface area contributed by atoms with Crippen molar-refractivity contribution in [3.8, 4) is 0 Å². The minimum absolute atomic E-state index is 0.0134. The molecule has 0 heterocycles. The number of hydrogen-bond acceptors (Lipinski definition) is 2. The summed E-state index contributed by atoms with van der Waals surface area (Å²) in [5.41, 5.74) is 1.33. The first-order valence-electron chi connectivity index (χ1n) is 13.2. The van der Waals surface area contributed by atoms with Crippen LogP contribution in [0.2, 0.25) is 5.04 Å². The molecule has 0 saturated carbocycles. The fraction of sp³-hybridized carbons (Fsp3) is 0.469. The van der Waals surface area contributed by atoms with Gasteiger partial charge in [-0.1, -0.05) is 113 Å². The maximum atomic E-state index is 12.4. The third-order valence-corrected chi connectivity index (χ3v) is 13.1. The summed E-state index contributed by atoms with van der Waals surface area (Å²) >= 11 is 0. The van der Waals surface area contributed by atoms with Crippen LogP contribution in [-0.4, -0.2) is 20.7 Å². The lowest BCUT2D eigenvalue weighted by Gasteiger charge is -2.46. The topological polar surface area (TPSA) is 26.3 Å². The van der Waals surface area contributed by atoms with Gasteiger partial charge in [-0.25, -0.2) is 0 Å². The van der Waals surface area contributed by atoms with E-state index in [9.17, 15) is 4.79 Å². The summed E-state index contributed by atoms with van der Waals surface area (Å²) in [7, 11) is -2.68. The molecule has 1 aliphatic rings. The lowest BCUT2D eigenvalue weighted by Crippen LogP contribution is -2.67. The Bertz CT molecular complexity index is 948. The van der Waals surface area contributed by atoms with E-state index in [4.69, 9.17) is 4.43 Å². The fourth-order valence-electron chi connectivity index (χ4n) is 6.09. The highest BCUT2D eigenvalue weighted by molar-refractivity contribution is 6.99. The molecule has 0 amide bonds. The molecule has 0 aliphatic heterocycles. The van der Waals surface area contributed by atoms with Gasteiger partial charge >= 0.3 is 0 Å². The molecule has 0 aromatic heterocycles. The smallest absolute Gasteiger partial charge is 0.261 e. The minimum atomic E-state index is -2.68. The molecule has 0 radical (unpaired) electrons. The summed E-state index contributed by atoms with van der Waals surface area (Å²) < 4.78 is 7.48. The second-order valence-corrected chi connectivity index (χ2v) is 15.8. The van der Waals surface area contributed by atoms with Gasteiger partial charge in [-0.15, -0.1) is 6.58 Å². The highest BCUT2D eigenvalue weighted by atomic mass is 28.4. The van der Waals surface area contributed by atoms with Gasteiger partial charge < -0.3 is 9.22 Å². The van der Waals surface area contributed by atoms with Crippen molar-refractivity contribution >= 4 is 25.0 Å². The fourth-order valence-corrected chi connectivity index (χ4v) is 10.8. The van der Waals surface area contributed by atoms with Crippen LogP contribution in [0.1, 0.15) is 60.8 Å². The van der Waals surface area contributed by atoms with Crippen molar-refractivity contribution in [2.75, 3.05) is 0 Å². The minimum Gasteiger partial charge on any atom is -0.404 e. The van der Waals surface area contributed by atoms with Crippen LogP contribution >= 0.6 is 0 Å². The molecule has 2 aromatic carbocycles. The third kappa shape index (κ3) is 5.78. The quantitative estimate of drug-likeness (QED) is 0.205. The van der Waals surface area contributed by atoms with Crippen LogP contribution in [0.5, 0.6) is 0 Å². The molecule has 0 unspecified atom stereocenters. The summed E-state index contributed by atoms with van der Waals surface area (Å²) in [6.07, 6.45) is 8.16. The van der Waals surface area contributed by atoms with Crippen LogP contribution in [0.3, 0.4) is 0 Å². The monoisotopic (exact) mass is 488 g/mol. The maximum absolute atomic E-state index is 12.4. The summed E-state index contributed by atoms with van der Waals surface area (Å²) in [5.74, 6) is 1.11. The van der Waals surface area contributed by atoms with Crippen molar-refractivity contribution < 1.29 is 9.22 Å². The van der Waals surface area contributed by atoms with E-state index in [0.29, 0.717) is 11.8 Å². The number of benzene rings is 2. The lowest BCUT2D eigenvalue weighted by atomic mass is 9.67. The molecule has 0 saturated heterocycles. The van der Waals surface area contributed by atoms with Crippen LogP contribution < -0.4 is 10.4 Å². The van der Waals surface area contributed by atoms with Crippen LogP contribution in [-0.2, 0) is 9.22 Å². The Kier molecular flexibility index (Phi) is 9.12. The average Bonchev–Trinajstić information content (AvgIpc) is 2.83. The van der Waals surface area contributed by atoms with Crippen LogP contribution in [0.4, 0.5) is 0 Å². The zero-order valence-electron chi connectivity index (χ0n) is 22.5. The standard InChI is InChI=1S/C32H44O2Si/c1-8-15-26(22-30-25(4)20-21-29(24(2)3)31(30)23-33)34-35(32(5,6)7,27-16-11-9-12-17-27)28-18-13-10-14-19-28/h8-14,16-20,23-24,26,29-31H,1,15,21-22H2,2-7H3/t26-,29+,30-,31+/m0/s1. The second kappa shape index (κ2) is 11.7. The lowest BCUT2D eigenvalue weighted by molar-refractivity contribution is -0.115. The van der Waals surface area contributed by atoms with Crippen molar-refractivity contribution in [2.45, 2.75) is 71.9 Å². The molecule has 0 spiro atoms. The molecule has 0 N–H and O–H groups in total. The van der Waals surface area contributed by atoms with Crippen molar-refractivity contribution in [1.82, 2.24) is 0 Å². The Morgan fingerprint density at radius 1 is 1.03 bits per heavy atom. The maximum Gasteiger partial charge on any atom is 0.261 e. The number of hydrogen-bond donors (Lipinski definition) is 0. The van der Waals surface area contributed by atoms with Gasteiger partial charge in [0.15, 0.2) is 0 Å². The molecule has 2 aromatic rings. The first-order chi connectivity index (χ1) is 16.7. The molecular weight excluding hydrogens is 444 g/mol. The van der Waals surface area contributed by atoms with E-state index in [1.54, 1.807) is 0 Å². The van der Waals surface area contributed by atoms with E-state index in [1.165, 1.54) is 22.2 Å². The Balaban J connectivity index is 2.09. The molecule has 1 aliphatic carbocycles. The normalized spacial score (nSPS) is 21.9. The number of carbonyl (C=O) groups excluding carboxylic acids is 1. The van der Waals surface area contributed by atoms with Gasteiger partial charge in [0.05, 0.1) is 0 Å². The van der Waals surface area contributed by atoms with Crippen LogP contribution in [0.15, 0.2) is 85.0 Å². The Morgan fingerprint density at radius 2 is 1.57 bits per heavy atom.